The second-order valence-electron chi connectivity index (χ2n) is 16.2. The molecule has 4 aliphatic rings. The Labute approximate surface area is 330 Å². The Morgan fingerprint density at radius 1 is 0.947 bits per heavy atom. The number of carbonyl (C=O) groups is 3. The number of nitro groups is 1. The van der Waals surface area contributed by atoms with Crippen molar-refractivity contribution in [3.63, 3.8) is 0 Å². The summed E-state index contributed by atoms with van der Waals surface area (Å²) in [6, 6.07) is 30.6. The van der Waals surface area contributed by atoms with Crippen LogP contribution in [0.5, 0.6) is 0 Å². The lowest BCUT2D eigenvalue weighted by Gasteiger charge is -2.37. The Morgan fingerprint density at radius 2 is 1.68 bits per heavy atom. The predicted octanol–water partition coefficient (Wildman–Crippen LogP) is 6.72. The van der Waals surface area contributed by atoms with Gasteiger partial charge in [-0.05, 0) is 71.9 Å². The van der Waals surface area contributed by atoms with Crippen molar-refractivity contribution in [3.8, 4) is 0 Å². The minimum atomic E-state index is -3.19. The molecule has 9 rings (SSSR count). The first-order chi connectivity index (χ1) is 27.3. The zero-order valence-corrected chi connectivity index (χ0v) is 32.8. The first-order valence-electron chi connectivity index (χ1n) is 19.2. The highest BCUT2D eigenvalue weighted by Gasteiger charge is 2.67. The van der Waals surface area contributed by atoms with Crippen LogP contribution in [0.3, 0.4) is 0 Å². The van der Waals surface area contributed by atoms with Gasteiger partial charge in [0.2, 0.25) is 5.91 Å². The van der Waals surface area contributed by atoms with E-state index in [0.29, 0.717) is 41.0 Å². The minimum absolute atomic E-state index is 0.0636. The maximum atomic E-state index is 15.2. The highest BCUT2D eigenvalue weighted by molar-refractivity contribution is 6.71. The van der Waals surface area contributed by atoms with Crippen LogP contribution in [0.1, 0.15) is 46.0 Å². The molecule has 4 heterocycles. The quantitative estimate of drug-likeness (QED) is 0.1000. The molecule has 0 radical (unpaired) electrons. The summed E-state index contributed by atoms with van der Waals surface area (Å²) in [5, 5.41) is 24.3. The van der Waals surface area contributed by atoms with Gasteiger partial charge in [-0.3, -0.25) is 29.4 Å². The van der Waals surface area contributed by atoms with Crippen molar-refractivity contribution in [2.75, 3.05) is 16.4 Å². The van der Waals surface area contributed by atoms with E-state index in [4.69, 9.17) is 4.74 Å². The number of nitro benzene ring substituents is 1. The number of rotatable bonds is 8. The van der Waals surface area contributed by atoms with Gasteiger partial charge in [-0.2, -0.15) is 0 Å². The summed E-state index contributed by atoms with van der Waals surface area (Å²) < 4.78 is 6.89. The van der Waals surface area contributed by atoms with Crippen molar-refractivity contribution in [3.05, 3.63) is 141 Å². The van der Waals surface area contributed by atoms with Gasteiger partial charge in [0.1, 0.15) is 0 Å². The standard InChI is InChI=1S/C44H42N4O8Si/c1-26-41(57(2,3)55)38(22-39(50)45-24-30-11-5-4-10-29(30)20-33(45)25-49)56-44(26)35-21-32(48(53)54)17-18-36(35)46(43(44)52)23-27-9-6-14-31(19-27)47-37-16-8-13-28-12-7-15-34(40(28)37)42(47)51/h4-19,21,26,33,38,41,49,55H,20,22-25H2,1-3H3/t26-,33+,38+,41-,44+/m1/s1. The first-order valence-corrected chi connectivity index (χ1v) is 22.3. The number of hydrogen-bond donors (Lipinski definition) is 2. The summed E-state index contributed by atoms with van der Waals surface area (Å²) in [4.78, 5) is 71.6. The third-order valence-corrected chi connectivity index (χ3v) is 15.0. The predicted molar refractivity (Wildman–Crippen MR) is 216 cm³/mol. The van der Waals surface area contributed by atoms with Gasteiger partial charge in [-0.25, -0.2) is 0 Å². The van der Waals surface area contributed by atoms with Crippen molar-refractivity contribution in [1.29, 1.82) is 0 Å². The molecule has 0 aliphatic carbocycles. The third-order valence-electron chi connectivity index (χ3n) is 12.5. The SMILES string of the molecule is C[C@@H]1[C@@H]([Si](C)(C)O)[C@H](CC(=O)N2Cc3ccccc3C[C@H]2CO)O[C@@]12C(=O)N(Cc1cccc(N3C(=O)c4cccc5cccc3c45)c1)c1ccc([N+](=O)[O-])cc12. The highest BCUT2D eigenvalue weighted by Crippen LogP contribution is 2.60. The van der Waals surface area contributed by atoms with Gasteiger partial charge < -0.3 is 24.4 Å². The molecule has 290 valence electrons. The highest BCUT2D eigenvalue weighted by atomic mass is 28.4. The Kier molecular flexibility index (Phi) is 8.70. The van der Waals surface area contributed by atoms with Crippen molar-refractivity contribution in [2.45, 2.75) is 69.2 Å². The number of aliphatic hydroxyl groups excluding tert-OH is 1. The van der Waals surface area contributed by atoms with Crippen LogP contribution in [0, 0.1) is 16.0 Å². The number of nitrogens with zero attached hydrogens (tertiary/aromatic N) is 4. The molecule has 0 unspecified atom stereocenters. The van der Waals surface area contributed by atoms with Gasteiger partial charge in [0, 0.05) is 46.8 Å². The summed E-state index contributed by atoms with van der Waals surface area (Å²) >= 11 is 0. The van der Waals surface area contributed by atoms with E-state index < -0.39 is 48.4 Å². The van der Waals surface area contributed by atoms with Crippen molar-refractivity contribution < 1.29 is 33.9 Å². The van der Waals surface area contributed by atoms with Crippen molar-refractivity contribution in [2.24, 2.45) is 5.92 Å². The zero-order chi connectivity index (χ0) is 40.0. The molecule has 5 aromatic carbocycles. The van der Waals surface area contributed by atoms with Crippen LogP contribution in [-0.4, -0.2) is 64.5 Å². The Hall–Kier alpha value is -5.73. The largest absolute Gasteiger partial charge is 0.432 e. The average Bonchev–Trinajstić information content (AvgIpc) is 3.75. The summed E-state index contributed by atoms with van der Waals surface area (Å²) in [5.41, 5.74) is 3.01. The topological polar surface area (TPSA) is 154 Å². The Bertz CT molecular complexity index is 2520. The van der Waals surface area contributed by atoms with E-state index >= 15 is 4.79 Å². The van der Waals surface area contributed by atoms with E-state index in [-0.39, 0.29) is 37.1 Å². The number of hydrogen-bond acceptors (Lipinski definition) is 8. The lowest BCUT2D eigenvalue weighted by molar-refractivity contribution is -0.385. The fourth-order valence-electron chi connectivity index (χ4n) is 10.0. The molecule has 3 amide bonds. The van der Waals surface area contributed by atoms with Gasteiger partial charge in [0.05, 0.1) is 53.6 Å². The van der Waals surface area contributed by atoms with Crippen LogP contribution in [-0.2, 0) is 39.4 Å². The fourth-order valence-corrected chi connectivity index (χ4v) is 12.6. The molecule has 0 saturated carbocycles. The normalized spacial score (nSPS) is 23.8. The number of ether oxygens (including phenoxy) is 1. The van der Waals surface area contributed by atoms with Gasteiger partial charge in [-0.1, -0.05) is 67.6 Å². The summed E-state index contributed by atoms with van der Waals surface area (Å²) in [6.45, 7) is 5.50. The second kappa shape index (κ2) is 13.4. The molecule has 1 saturated heterocycles. The van der Waals surface area contributed by atoms with Gasteiger partial charge in [0.25, 0.3) is 17.5 Å². The van der Waals surface area contributed by atoms with Crippen molar-refractivity contribution in [1.82, 2.24) is 4.90 Å². The first kappa shape index (κ1) is 36.9. The van der Waals surface area contributed by atoms with E-state index in [1.165, 1.54) is 12.1 Å². The summed E-state index contributed by atoms with van der Waals surface area (Å²) in [5.74, 6) is -1.52. The molecule has 5 aromatic rings. The number of aliphatic hydroxyl groups is 1. The molecule has 0 aromatic heterocycles. The van der Waals surface area contributed by atoms with Crippen LogP contribution in [0.15, 0.2) is 103 Å². The molecule has 1 fully saturated rings. The minimum Gasteiger partial charge on any atom is -0.432 e. The number of benzene rings is 5. The molecular formula is C44H42N4O8Si. The lowest BCUT2D eigenvalue weighted by Crippen LogP contribution is -2.48. The van der Waals surface area contributed by atoms with Crippen LogP contribution in [0.2, 0.25) is 18.6 Å². The number of amides is 3. The van der Waals surface area contributed by atoms with Crippen LogP contribution < -0.4 is 9.80 Å². The zero-order valence-electron chi connectivity index (χ0n) is 31.8. The molecule has 4 aliphatic heterocycles. The Balaban J connectivity index is 1.07. The van der Waals surface area contributed by atoms with Crippen LogP contribution in [0.4, 0.5) is 22.7 Å². The van der Waals surface area contributed by atoms with E-state index in [2.05, 4.69) is 0 Å². The van der Waals surface area contributed by atoms with E-state index in [1.54, 1.807) is 33.9 Å². The molecule has 5 atom stereocenters. The van der Waals surface area contributed by atoms with Crippen LogP contribution in [0.25, 0.3) is 10.8 Å². The maximum Gasteiger partial charge on any atom is 0.269 e. The molecular weight excluding hydrogens is 741 g/mol. The number of anilines is 3. The molecule has 1 spiro atoms. The third kappa shape index (κ3) is 5.71. The summed E-state index contributed by atoms with van der Waals surface area (Å²) in [7, 11) is -3.19. The maximum absolute atomic E-state index is 15.2. The molecule has 57 heavy (non-hydrogen) atoms. The molecule has 0 bridgehead atoms. The van der Waals surface area contributed by atoms with Gasteiger partial charge >= 0.3 is 0 Å². The lowest BCUT2D eigenvalue weighted by atomic mass is 9.82. The molecule has 13 heteroatoms. The second-order valence-corrected chi connectivity index (χ2v) is 20.2. The average molecular weight is 783 g/mol. The number of fused-ring (bicyclic) bond motifs is 3. The van der Waals surface area contributed by atoms with E-state index in [0.717, 1.165) is 27.6 Å². The monoisotopic (exact) mass is 782 g/mol. The van der Waals surface area contributed by atoms with Crippen molar-refractivity contribution >= 4 is 59.6 Å². The molecule has 12 nitrogen and oxygen atoms in total. The smallest absolute Gasteiger partial charge is 0.269 e. The number of non-ortho nitro benzene ring substituents is 1. The van der Waals surface area contributed by atoms with Gasteiger partial charge in [0.15, 0.2) is 13.9 Å². The van der Waals surface area contributed by atoms with Gasteiger partial charge in [-0.15, -0.1) is 0 Å². The summed E-state index contributed by atoms with van der Waals surface area (Å²) in [6.07, 6.45) is -0.542. The van der Waals surface area contributed by atoms with E-state index in [1.807, 2.05) is 91.9 Å². The fraction of sp³-hybridized carbons (Fsp3) is 0.295. The van der Waals surface area contributed by atoms with Crippen LogP contribution >= 0.6 is 0 Å². The van der Waals surface area contributed by atoms with E-state index in [9.17, 15) is 29.6 Å². The molecule has 2 N–H and O–H groups in total. The number of carbonyl (C=O) groups excluding carboxylic acids is 3. The Morgan fingerprint density at radius 3 is 2.42 bits per heavy atom.